The van der Waals surface area contributed by atoms with E-state index >= 15 is 0 Å². The van der Waals surface area contributed by atoms with Crippen LogP contribution in [0.15, 0.2) is 12.1 Å². The molecule has 0 radical (unpaired) electrons. The Kier molecular flexibility index (Phi) is 4.77. The van der Waals surface area contributed by atoms with E-state index in [1.165, 1.54) is 0 Å². The molecule has 114 valence electrons. The van der Waals surface area contributed by atoms with Crippen molar-refractivity contribution >= 4 is 17.7 Å². The number of carboxylic acid groups (broad SMARTS) is 1. The fourth-order valence-electron chi connectivity index (χ4n) is 2.63. The predicted octanol–water partition coefficient (Wildman–Crippen LogP) is 1.43. The van der Waals surface area contributed by atoms with E-state index in [9.17, 15) is 14.7 Å². The minimum atomic E-state index is -0.942. The summed E-state index contributed by atoms with van der Waals surface area (Å²) in [5.41, 5.74) is 6.39. The Balaban J connectivity index is 2.19. The molecule has 0 spiro atoms. The lowest BCUT2D eigenvalue weighted by molar-refractivity contribution is -0.122. The molecule has 0 atom stereocenters. The molecule has 3 N–H and O–H groups in total. The first kappa shape index (κ1) is 15.3. The first-order valence-electron chi connectivity index (χ1n) is 7.29. The summed E-state index contributed by atoms with van der Waals surface area (Å²) in [5.74, 6) is -0.600. The zero-order valence-corrected chi connectivity index (χ0v) is 12.2. The lowest BCUT2D eigenvalue weighted by atomic mass is 9.96. The van der Waals surface area contributed by atoms with Gasteiger partial charge in [0.1, 0.15) is 5.82 Å². The standard InChI is InChI=1S/C15H21N3O3/c1-2-3-12-8-11(15(20)21)9-13(17-12)18-6-4-10(5-7-18)14(16)19/h8-10H,2-7H2,1H3,(H2,16,19)(H,20,21). The number of rotatable bonds is 5. The second kappa shape index (κ2) is 6.56. The largest absolute Gasteiger partial charge is 0.478 e. The third-order valence-corrected chi connectivity index (χ3v) is 3.84. The maximum Gasteiger partial charge on any atom is 0.335 e. The molecule has 21 heavy (non-hydrogen) atoms. The van der Waals surface area contributed by atoms with Gasteiger partial charge in [0.25, 0.3) is 0 Å². The number of carbonyl (C=O) groups is 2. The van der Waals surface area contributed by atoms with Gasteiger partial charge in [-0.1, -0.05) is 13.3 Å². The molecule has 0 unspecified atom stereocenters. The van der Waals surface area contributed by atoms with E-state index in [0.717, 1.165) is 18.5 Å². The van der Waals surface area contributed by atoms with E-state index in [-0.39, 0.29) is 17.4 Å². The Bertz CT molecular complexity index is 537. The molecular formula is C15H21N3O3. The normalized spacial score (nSPS) is 16.0. The molecule has 0 bridgehead atoms. The number of primary amides is 1. The van der Waals surface area contributed by atoms with Gasteiger partial charge >= 0.3 is 5.97 Å². The fourth-order valence-corrected chi connectivity index (χ4v) is 2.63. The van der Waals surface area contributed by atoms with Crippen LogP contribution >= 0.6 is 0 Å². The van der Waals surface area contributed by atoms with Crippen LogP contribution in [0.25, 0.3) is 0 Å². The summed E-state index contributed by atoms with van der Waals surface area (Å²) in [6.07, 6.45) is 3.06. The van der Waals surface area contributed by atoms with Gasteiger partial charge in [0.2, 0.25) is 5.91 Å². The van der Waals surface area contributed by atoms with Gasteiger partial charge in [-0.15, -0.1) is 0 Å². The van der Waals surface area contributed by atoms with E-state index in [1.54, 1.807) is 12.1 Å². The van der Waals surface area contributed by atoms with Crippen molar-refractivity contribution in [3.05, 3.63) is 23.4 Å². The molecule has 1 aliphatic heterocycles. The number of amides is 1. The van der Waals surface area contributed by atoms with Gasteiger partial charge in [-0.05, 0) is 31.4 Å². The molecule has 1 fully saturated rings. The molecule has 1 saturated heterocycles. The number of nitrogens with two attached hydrogens (primary N) is 1. The van der Waals surface area contributed by atoms with Gasteiger partial charge in [0.05, 0.1) is 5.56 Å². The van der Waals surface area contributed by atoms with Crippen LogP contribution in [0.4, 0.5) is 5.82 Å². The van der Waals surface area contributed by atoms with Crippen molar-refractivity contribution in [2.75, 3.05) is 18.0 Å². The number of aromatic carboxylic acids is 1. The average molecular weight is 291 g/mol. The highest BCUT2D eigenvalue weighted by molar-refractivity contribution is 5.88. The number of aryl methyl sites for hydroxylation is 1. The Morgan fingerprint density at radius 2 is 2.05 bits per heavy atom. The van der Waals surface area contributed by atoms with Gasteiger partial charge in [-0.3, -0.25) is 4.79 Å². The summed E-state index contributed by atoms with van der Waals surface area (Å²) in [6.45, 7) is 3.39. The number of nitrogens with zero attached hydrogens (tertiary/aromatic N) is 2. The highest BCUT2D eigenvalue weighted by Crippen LogP contribution is 2.23. The SMILES string of the molecule is CCCc1cc(C(=O)O)cc(N2CCC(C(N)=O)CC2)n1. The van der Waals surface area contributed by atoms with Crippen molar-refractivity contribution in [2.24, 2.45) is 11.7 Å². The molecule has 1 amide bonds. The minimum absolute atomic E-state index is 0.0842. The number of carboxylic acids is 1. The summed E-state index contributed by atoms with van der Waals surface area (Å²) in [7, 11) is 0. The second-order valence-corrected chi connectivity index (χ2v) is 5.42. The summed E-state index contributed by atoms with van der Waals surface area (Å²) >= 11 is 0. The van der Waals surface area contributed by atoms with Crippen molar-refractivity contribution < 1.29 is 14.7 Å². The molecule has 1 aromatic rings. The molecular weight excluding hydrogens is 270 g/mol. The van der Waals surface area contributed by atoms with E-state index in [2.05, 4.69) is 4.98 Å². The molecule has 1 aliphatic rings. The lowest BCUT2D eigenvalue weighted by Gasteiger charge is -2.31. The van der Waals surface area contributed by atoms with Crippen molar-refractivity contribution in [3.63, 3.8) is 0 Å². The zero-order valence-electron chi connectivity index (χ0n) is 12.2. The van der Waals surface area contributed by atoms with E-state index in [0.29, 0.717) is 31.7 Å². The fraction of sp³-hybridized carbons (Fsp3) is 0.533. The maximum absolute atomic E-state index is 11.2. The number of pyridine rings is 1. The Morgan fingerprint density at radius 3 is 2.57 bits per heavy atom. The van der Waals surface area contributed by atoms with Crippen LogP contribution in [0.3, 0.4) is 0 Å². The first-order chi connectivity index (χ1) is 10.0. The summed E-state index contributed by atoms with van der Waals surface area (Å²) in [4.78, 5) is 29.0. The van der Waals surface area contributed by atoms with Gasteiger partial charge in [-0.25, -0.2) is 9.78 Å². The quantitative estimate of drug-likeness (QED) is 0.855. The topological polar surface area (TPSA) is 96.5 Å². The summed E-state index contributed by atoms with van der Waals surface area (Å²) in [5, 5.41) is 9.21. The summed E-state index contributed by atoms with van der Waals surface area (Å²) in [6, 6.07) is 3.23. The third-order valence-electron chi connectivity index (χ3n) is 3.84. The Labute approximate surface area is 124 Å². The molecule has 0 aromatic carbocycles. The van der Waals surface area contributed by atoms with Crippen LogP contribution < -0.4 is 10.6 Å². The number of aromatic nitrogens is 1. The van der Waals surface area contributed by atoms with Crippen LogP contribution in [-0.4, -0.2) is 35.1 Å². The van der Waals surface area contributed by atoms with Crippen LogP contribution in [-0.2, 0) is 11.2 Å². The molecule has 6 heteroatoms. The zero-order chi connectivity index (χ0) is 15.4. The van der Waals surface area contributed by atoms with Crippen molar-refractivity contribution in [2.45, 2.75) is 32.6 Å². The number of carbonyl (C=O) groups excluding carboxylic acids is 1. The maximum atomic E-state index is 11.2. The summed E-state index contributed by atoms with van der Waals surface area (Å²) < 4.78 is 0. The Hall–Kier alpha value is -2.11. The highest BCUT2D eigenvalue weighted by atomic mass is 16.4. The monoisotopic (exact) mass is 291 g/mol. The number of hydrogen-bond donors (Lipinski definition) is 2. The van der Waals surface area contributed by atoms with Crippen molar-refractivity contribution in [3.8, 4) is 0 Å². The number of piperidine rings is 1. The number of hydrogen-bond acceptors (Lipinski definition) is 4. The van der Waals surface area contributed by atoms with Crippen molar-refractivity contribution in [1.29, 1.82) is 0 Å². The van der Waals surface area contributed by atoms with Crippen LogP contribution in [0.2, 0.25) is 0 Å². The van der Waals surface area contributed by atoms with E-state index in [4.69, 9.17) is 5.73 Å². The van der Waals surface area contributed by atoms with Gasteiger partial charge < -0.3 is 15.7 Å². The molecule has 2 rings (SSSR count). The third kappa shape index (κ3) is 3.71. The number of anilines is 1. The van der Waals surface area contributed by atoms with Gasteiger partial charge in [0, 0.05) is 24.7 Å². The minimum Gasteiger partial charge on any atom is -0.478 e. The molecule has 0 saturated carbocycles. The van der Waals surface area contributed by atoms with E-state index < -0.39 is 5.97 Å². The highest BCUT2D eigenvalue weighted by Gasteiger charge is 2.24. The first-order valence-corrected chi connectivity index (χ1v) is 7.29. The molecule has 2 heterocycles. The van der Waals surface area contributed by atoms with Gasteiger partial charge in [-0.2, -0.15) is 0 Å². The molecule has 1 aromatic heterocycles. The second-order valence-electron chi connectivity index (χ2n) is 5.42. The van der Waals surface area contributed by atoms with Gasteiger partial charge in [0.15, 0.2) is 0 Å². The average Bonchev–Trinajstić information content (AvgIpc) is 2.47. The Morgan fingerprint density at radius 1 is 1.38 bits per heavy atom. The lowest BCUT2D eigenvalue weighted by Crippen LogP contribution is -2.39. The molecule has 0 aliphatic carbocycles. The van der Waals surface area contributed by atoms with Crippen molar-refractivity contribution in [1.82, 2.24) is 4.98 Å². The van der Waals surface area contributed by atoms with Crippen LogP contribution in [0.5, 0.6) is 0 Å². The van der Waals surface area contributed by atoms with Crippen LogP contribution in [0.1, 0.15) is 42.2 Å². The smallest absolute Gasteiger partial charge is 0.335 e. The van der Waals surface area contributed by atoms with E-state index in [1.807, 2.05) is 11.8 Å². The predicted molar refractivity (Wildman–Crippen MR) is 79.3 cm³/mol. The molecule has 6 nitrogen and oxygen atoms in total. The van der Waals surface area contributed by atoms with Crippen LogP contribution in [0, 0.1) is 5.92 Å².